The Morgan fingerprint density at radius 1 is 1.42 bits per heavy atom. The average Bonchev–Trinajstić information content (AvgIpc) is 2.82. The smallest absolute Gasteiger partial charge is 0.231 e. The van der Waals surface area contributed by atoms with Crippen molar-refractivity contribution in [1.29, 1.82) is 0 Å². The molecule has 5 heteroatoms. The molecule has 1 heterocycles. The van der Waals surface area contributed by atoms with E-state index in [4.69, 9.17) is 15.2 Å². The maximum atomic E-state index is 11.8. The van der Waals surface area contributed by atoms with Crippen molar-refractivity contribution < 1.29 is 14.3 Å². The molecule has 0 spiro atoms. The van der Waals surface area contributed by atoms with Gasteiger partial charge in [-0.05, 0) is 43.1 Å². The second kappa shape index (κ2) is 5.93. The maximum Gasteiger partial charge on any atom is 0.231 e. The predicted molar refractivity (Wildman–Crippen MR) is 72.0 cm³/mol. The fourth-order valence-electron chi connectivity index (χ4n) is 2.01. The number of aryl methyl sites for hydroxylation is 1. The Kier molecular flexibility index (Phi) is 4.27. The lowest BCUT2D eigenvalue weighted by atomic mass is 10.1. The summed E-state index contributed by atoms with van der Waals surface area (Å²) in [7, 11) is 0. The monoisotopic (exact) mass is 264 g/mol. The molecule has 1 unspecified atom stereocenters. The lowest BCUT2D eigenvalue weighted by molar-refractivity contribution is -0.124. The molecule has 0 saturated carbocycles. The van der Waals surface area contributed by atoms with Crippen molar-refractivity contribution >= 4 is 5.91 Å². The molecule has 0 aliphatic carbocycles. The fourth-order valence-corrected chi connectivity index (χ4v) is 2.01. The number of fused-ring (bicyclic) bond motifs is 1. The fraction of sp³-hybridized carbons (Fsp3) is 0.500. The quantitative estimate of drug-likeness (QED) is 0.841. The van der Waals surface area contributed by atoms with Gasteiger partial charge in [-0.3, -0.25) is 4.79 Å². The first kappa shape index (κ1) is 13.7. The van der Waals surface area contributed by atoms with Gasteiger partial charge in [0.15, 0.2) is 11.5 Å². The van der Waals surface area contributed by atoms with Crippen LogP contribution < -0.4 is 20.5 Å². The van der Waals surface area contributed by atoms with Crippen LogP contribution in [-0.4, -0.2) is 19.2 Å². The van der Waals surface area contributed by atoms with Crippen LogP contribution in [-0.2, 0) is 11.3 Å². The second-order valence-corrected chi connectivity index (χ2v) is 4.83. The first-order valence-electron chi connectivity index (χ1n) is 6.48. The van der Waals surface area contributed by atoms with Gasteiger partial charge in [0.2, 0.25) is 12.7 Å². The Morgan fingerprint density at radius 2 is 2.11 bits per heavy atom. The Labute approximate surface area is 113 Å². The second-order valence-electron chi connectivity index (χ2n) is 4.83. The van der Waals surface area contributed by atoms with Gasteiger partial charge in [-0.2, -0.15) is 0 Å². The number of benzene rings is 1. The summed E-state index contributed by atoms with van der Waals surface area (Å²) in [6, 6.07) is 3.86. The van der Waals surface area contributed by atoms with Gasteiger partial charge >= 0.3 is 0 Å². The van der Waals surface area contributed by atoms with E-state index < -0.39 is 0 Å². The number of ether oxygens (including phenoxy) is 2. The van der Waals surface area contributed by atoms with Gasteiger partial charge in [0.05, 0.1) is 0 Å². The summed E-state index contributed by atoms with van der Waals surface area (Å²) >= 11 is 0. The maximum absolute atomic E-state index is 11.8. The molecule has 19 heavy (non-hydrogen) atoms. The van der Waals surface area contributed by atoms with Gasteiger partial charge in [-0.25, -0.2) is 0 Å². The van der Waals surface area contributed by atoms with Crippen molar-refractivity contribution in [2.45, 2.75) is 26.8 Å². The van der Waals surface area contributed by atoms with E-state index in [9.17, 15) is 4.79 Å². The largest absolute Gasteiger partial charge is 0.454 e. The van der Waals surface area contributed by atoms with Crippen molar-refractivity contribution in [3.8, 4) is 11.5 Å². The normalized spacial score (nSPS) is 14.3. The highest BCUT2D eigenvalue weighted by Crippen LogP contribution is 2.34. The Hall–Kier alpha value is -1.75. The van der Waals surface area contributed by atoms with Crippen LogP contribution in [0.3, 0.4) is 0 Å². The Morgan fingerprint density at radius 3 is 2.79 bits per heavy atom. The zero-order valence-electron chi connectivity index (χ0n) is 11.4. The SMILES string of the molecule is Cc1cc2c(cc1CNC(=O)C(C)CCN)OCO2. The summed E-state index contributed by atoms with van der Waals surface area (Å²) in [6.07, 6.45) is 0.700. The molecule has 1 atom stereocenters. The number of hydrogen-bond donors (Lipinski definition) is 2. The van der Waals surface area contributed by atoms with Crippen LogP contribution in [0.5, 0.6) is 11.5 Å². The minimum absolute atomic E-state index is 0.0301. The van der Waals surface area contributed by atoms with Gasteiger partial charge < -0.3 is 20.5 Å². The highest BCUT2D eigenvalue weighted by atomic mass is 16.7. The average molecular weight is 264 g/mol. The van der Waals surface area contributed by atoms with Crippen LogP contribution >= 0.6 is 0 Å². The zero-order valence-corrected chi connectivity index (χ0v) is 11.4. The number of nitrogens with one attached hydrogen (secondary N) is 1. The Bertz CT molecular complexity index is 474. The minimum atomic E-state index is -0.0562. The highest BCUT2D eigenvalue weighted by Gasteiger charge is 2.17. The lowest BCUT2D eigenvalue weighted by Crippen LogP contribution is -2.30. The molecule has 5 nitrogen and oxygen atoms in total. The van der Waals surface area contributed by atoms with Crippen LogP contribution in [0.25, 0.3) is 0 Å². The van der Waals surface area contributed by atoms with Crippen molar-refractivity contribution in [3.63, 3.8) is 0 Å². The molecule has 1 aromatic rings. The number of hydrogen-bond acceptors (Lipinski definition) is 4. The standard InChI is InChI=1S/C14H20N2O3/c1-9(3-4-15)14(17)16-7-11-6-13-12(5-10(11)2)18-8-19-13/h5-6,9H,3-4,7-8,15H2,1-2H3,(H,16,17). The molecule has 1 aromatic carbocycles. The zero-order chi connectivity index (χ0) is 13.8. The molecule has 1 aliphatic heterocycles. The predicted octanol–water partition coefficient (Wildman–Crippen LogP) is 1.32. The van der Waals surface area contributed by atoms with Crippen molar-refractivity contribution in [2.24, 2.45) is 11.7 Å². The van der Waals surface area contributed by atoms with Gasteiger partial charge in [-0.1, -0.05) is 6.92 Å². The van der Waals surface area contributed by atoms with Gasteiger partial charge in [0, 0.05) is 12.5 Å². The molecule has 0 radical (unpaired) electrons. The molecule has 0 aromatic heterocycles. The molecule has 104 valence electrons. The Balaban J connectivity index is 1.98. The van der Waals surface area contributed by atoms with Crippen LogP contribution in [0, 0.1) is 12.8 Å². The van der Waals surface area contributed by atoms with E-state index in [0.29, 0.717) is 19.5 Å². The summed E-state index contributed by atoms with van der Waals surface area (Å²) in [4.78, 5) is 11.8. The van der Waals surface area contributed by atoms with Crippen molar-refractivity contribution in [3.05, 3.63) is 23.3 Å². The molecule has 2 rings (SSSR count). The number of amides is 1. The van der Waals surface area contributed by atoms with E-state index in [0.717, 1.165) is 22.6 Å². The van der Waals surface area contributed by atoms with Gasteiger partial charge in [0.25, 0.3) is 0 Å². The minimum Gasteiger partial charge on any atom is -0.454 e. The third kappa shape index (κ3) is 3.17. The summed E-state index contributed by atoms with van der Waals surface area (Å²) in [6.45, 7) is 5.16. The number of carbonyl (C=O) groups is 1. The third-order valence-corrected chi connectivity index (χ3v) is 3.33. The summed E-state index contributed by atoms with van der Waals surface area (Å²) in [5.74, 6) is 1.48. The third-order valence-electron chi connectivity index (χ3n) is 3.33. The number of nitrogens with two attached hydrogens (primary N) is 1. The van der Waals surface area contributed by atoms with Crippen LogP contribution in [0.1, 0.15) is 24.5 Å². The van der Waals surface area contributed by atoms with E-state index in [1.165, 1.54) is 0 Å². The first-order chi connectivity index (χ1) is 9.11. The molecule has 1 amide bonds. The van der Waals surface area contributed by atoms with Crippen LogP contribution in [0.4, 0.5) is 0 Å². The topological polar surface area (TPSA) is 73.6 Å². The number of rotatable bonds is 5. The van der Waals surface area contributed by atoms with E-state index in [1.807, 2.05) is 26.0 Å². The highest BCUT2D eigenvalue weighted by molar-refractivity contribution is 5.78. The molecule has 3 N–H and O–H groups in total. The van der Waals surface area contributed by atoms with Gasteiger partial charge in [-0.15, -0.1) is 0 Å². The summed E-state index contributed by atoms with van der Waals surface area (Å²) < 4.78 is 10.6. The lowest BCUT2D eigenvalue weighted by Gasteiger charge is -2.13. The summed E-state index contributed by atoms with van der Waals surface area (Å²) in [5.41, 5.74) is 7.57. The van der Waals surface area contributed by atoms with E-state index in [-0.39, 0.29) is 18.6 Å². The van der Waals surface area contributed by atoms with E-state index >= 15 is 0 Å². The molecule has 0 bridgehead atoms. The molecule has 1 aliphatic rings. The number of carbonyl (C=O) groups excluding carboxylic acids is 1. The van der Waals surface area contributed by atoms with E-state index in [1.54, 1.807) is 0 Å². The summed E-state index contributed by atoms with van der Waals surface area (Å²) in [5, 5.41) is 2.92. The van der Waals surface area contributed by atoms with E-state index in [2.05, 4.69) is 5.32 Å². The van der Waals surface area contributed by atoms with Gasteiger partial charge in [0.1, 0.15) is 0 Å². The molecule has 0 saturated heterocycles. The molecular formula is C14H20N2O3. The first-order valence-corrected chi connectivity index (χ1v) is 6.48. The molecular weight excluding hydrogens is 244 g/mol. The van der Waals surface area contributed by atoms with Crippen LogP contribution in [0.2, 0.25) is 0 Å². The van der Waals surface area contributed by atoms with Crippen LogP contribution in [0.15, 0.2) is 12.1 Å². The molecule has 0 fully saturated rings. The van der Waals surface area contributed by atoms with Crippen molar-refractivity contribution in [1.82, 2.24) is 5.32 Å². The van der Waals surface area contributed by atoms with Crippen molar-refractivity contribution in [2.75, 3.05) is 13.3 Å².